The lowest BCUT2D eigenvalue weighted by molar-refractivity contribution is -0.143. The fourth-order valence-corrected chi connectivity index (χ4v) is 2.32. The van der Waals surface area contributed by atoms with Crippen LogP contribution in [-0.4, -0.2) is 11.1 Å². The molecule has 138 valence electrons. The van der Waals surface area contributed by atoms with E-state index in [1.165, 1.54) is 31.2 Å². The largest absolute Gasteiger partial charge is 0.478 e. The van der Waals surface area contributed by atoms with Crippen LogP contribution >= 0.6 is 0 Å². The van der Waals surface area contributed by atoms with E-state index >= 15 is 0 Å². The first kappa shape index (κ1) is 19.6. The molecule has 0 heterocycles. The average molecular weight is 374 g/mol. The van der Waals surface area contributed by atoms with Gasteiger partial charge < -0.3 is 5.11 Å². The number of hydrogen-bond acceptors (Lipinski definition) is 1. The molecule has 0 radical (unpaired) electrons. The van der Waals surface area contributed by atoms with Gasteiger partial charge in [-0.25, -0.2) is 4.79 Å². The summed E-state index contributed by atoms with van der Waals surface area (Å²) < 4.78 is 77.5. The number of carboxylic acid groups (broad SMARTS) is 1. The fraction of sp³-hybridized carbons (Fsp3) is 0.167. The van der Waals surface area contributed by atoms with Crippen LogP contribution in [-0.2, 0) is 17.1 Å². The standard InChI is InChI=1S/C18H12F6O2/c1-10(6-16(25)26)11-2-4-12(5-3-11)13-7-14(17(19,20)21)9-15(8-13)18(22,23)24/h2-9H,1H3,(H,25,26). The Morgan fingerprint density at radius 3 is 1.69 bits per heavy atom. The Morgan fingerprint density at radius 2 is 1.31 bits per heavy atom. The van der Waals surface area contributed by atoms with E-state index in [-0.39, 0.29) is 17.2 Å². The third-order valence-electron chi connectivity index (χ3n) is 3.60. The van der Waals surface area contributed by atoms with Crippen molar-refractivity contribution in [2.75, 3.05) is 0 Å². The Morgan fingerprint density at radius 1 is 0.846 bits per heavy atom. The topological polar surface area (TPSA) is 37.3 Å². The number of rotatable bonds is 3. The normalized spacial score (nSPS) is 13.0. The summed E-state index contributed by atoms with van der Waals surface area (Å²) in [5.74, 6) is -1.17. The minimum absolute atomic E-state index is 0.0671. The second-order valence-corrected chi connectivity index (χ2v) is 5.54. The zero-order valence-electron chi connectivity index (χ0n) is 13.2. The van der Waals surface area contributed by atoms with Gasteiger partial charge in [-0.2, -0.15) is 26.3 Å². The van der Waals surface area contributed by atoms with Crippen LogP contribution in [0, 0.1) is 0 Å². The molecular formula is C18H12F6O2. The van der Waals surface area contributed by atoms with E-state index in [0.29, 0.717) is 23.3 Å². The van der Waals surface area contributed by atoms with Crippen molar-refractivity contribution in [2.24, 2.45) is 0 Å². The van der Waals surface area contributed by atoms with E-state index < -0.39 is 29.4 Å². The van der Waals surface area contributed by atoms with Gasteiger partial charge in [-0.1, -0.05) is 24.3 Å². The van der Waals surface area contributed by atoms with Crippen molar-refractivity contribution < 1.29 is 36.2 Å². The van der Waals surface area contributed by atoms with Gasteiger partial charge in [0.25, 0.3) is 0 Å². The highest BCUT2D eigenvalue weighted by molar-refractivity contribution is 5.89. The van der Waals surface area contributed by atoms with Crippen molar-refractivity contribution in [3.63, 3.8) is 0 Å². The Kier molecular flexibility index (Phi) is 5.16. The van der Waals surface area contributed by atoms with Gasteiger partial charge in [0.2, 0.25) is 0 Å². The minimum Gasteiger partial charge on any atom is -0.478 e. The molecule has 0 saturated carbocycles. The molecule has 0 aliphatic rings. The van der Waals surface area contributed by atoms with E-state index in [4.69, 9.17) is 5.11 Å². The SMILES string of the molecule is CC(=CC(=O)O)c1ccc(-c2cc(C(F)(F)F)cc(C(F)(F)F)c2)cc1. The number of alkyl halides is 6. The van der Waals surface area contributed by atoms with E-state index in [1.54, 1.807) is 0 Å². The number of aliphatic carboxylic acids is 1. The predicted octanol–water partition coefficient (Wildman–Crippen LogP) is 5.88. The number of benzene rings is 2. The van der Waals surface area contributed by atoms with E-state index in [0.717, 1.165) is 6.08 Å². The molecule has 0 spiro atoms. The van der Waals surface area contributed by atoms with Crippen LogP contribution in [0.25, 0.3) is 16.7 Å². The van der Waals surface area contributed by atoms with Gasteiger partial charge in [0, 0.05) is 6.08 Å². The summed E-state index contributed by atoms with van der Waals surface area (Å²) in [5.41, 5.74) is -2.00. The van der Waals surface area contributed by atoms with Crippen LogP contribution in [0.1, 0.15) is 23.6 Å². The number of halogens is 6. The summed E-state index contributed by atoms with van der Waals surface area (Å²) in [5, 5.41) is 8.70. The summed E-state index contributed by atoms with van der Waals surface area (Å²) >= 11 is 0. The highest BCUT2D eigenvalue weighted by Gasteiger charge is 2.36. The van der Waals surface area contributed by atoms with E-state index in [9.17, 15) is 31.1 Å². The third kappa shape index (κ3) is 4.65. The van der Waals surface area contributed by atoms with Crippen molar-refractivity contribution in [2.45, 2.75) is 19.3 Å². The van der Waals surface area contributed by atoms with Gasteiger partial charge in [0.05, 0.1) is 11.1 Å². The van der Waals surface area contributed by atoms with Gasteiger partial charge in [0.1, 0.15) is 0 Å². The summed E-state index contributed by atoms with van der Waals surface area (Å²) in [6.45, 7) is 1.52. The fourth-order valence-electron chi connectivity index (χ4n) is 2.32. The summed E-state index contributed by atoms with van der Waals surface area (Å²) in [6, 6.07) is 6.88. The number of hydrogen-bond donors (Lipinski definition) is 1. The number of carbonyl (C=O) groups is 1. The van der Waals surface area contributed by atoms with Crippen LogP contribution in [0.2, 0.25) is 0 Å². The lowest BCUT2D eigenvalue weighted by atomic mass is 9.97. The monoisotopic (exact) mass is 374 g/mol. The number of carboxylic acids is 1. The van der Waals surface area contributed by atoms with Crippen molar-refractivity contribution in [3.05, 3.63) is 65.2 Å². The maximum atomic E-state index is 12.9. The van der Waals surface area contributed by atoms with Crippen molar-refractivity contribution in [3.8, 4) is 11.1 Å². The minimum atomic E-state index is -4.92. The molecule has 0 fully saturated rings. The molecule has 0 aliphatic carbocycles. The molecule has 0 aliphatic heterocycles. The first-order valence-corrected chi connectivity index (χ1v) is 7.19. The van der Waals surface area contributed by atoms with Crippen LogP contribution in [0.4, 0.5) is 26.3 Å². The third-order valence-corrected chi connectivity index (χ3v) is 3.60. The molecule has 2 rings (SSSR count). The molecule has 0 bridgehead atoms. The summed E-state index contributed by atoms with van der Waals surface area (Å²) in [6.07, 6.45) is -8.89. The quantitative estimate of drug-likeness (QED) is 0.538. The lowest BCUT2D eigenvalue weighted by Crippen LogP contribution is -2.11. The molecule has 2 aromatic carbocycles. The van der Waals surface area contributed by atoms with Crippen LogP contribution in [0.3, 0.4) is 0 Å². The molecule has 0 amide bonds. The Balaban J connectivity index is 2.52. The van der Waals surface area contributed by atoms with Crippen molar-refractivity contribution in [1.82, 2.24) is 0 Å². The molecular weight excluding hydrogens is 362 g/mol. The zero-order chi connectivity index (χ0) is 19.7. The molecule has 1 N–H and O–H groups in total. The highest BCUT2D eigenvalue weighted by atomic mass is 19.4. The number of allylic oxidation sites excluding steroid dienone is 1. The maximum Gasteiger partial charge on any atom is 0.416 e. The van der Waals surface area contributed by atoms with Crippen molar-refractivity contribution >= 4 is 11.5 Å². The zero-order valence-corrected chi connectivity index (χ0v) is 13.2. The van der Waals surface area contributed by atoms with Gasteiger partial charge in [-0.15, -0.1) is 0 Å². The molecule has 0 unspecified atom stereocenters. The van der Waals surface area contributed by atoms with Crippen LogP contribution in [0.5, 0.6) is 0 Å². The molecule has 8 heteroatoms. The lowest BCUT2D eigenvalue weighted by Gasteiger charge is -2.14. The Bertz CT molecular complexity index is 813. The molecule has 0 atom stereocenters. The summed E-state index contributed by atoms with van der Waals surface area (Å²) in [4.78, 5) is 10.6. The Hall–Kier alpha value is -2.77. The van der Waals surface area contributed by atoms with Gasteiger partial charge in [-0.05, 0) is 47.4 Å². The van der Waals surface area contributed by atoms with Crippen molar-refractivity contribution in [1.29, 1.82) is 0 Å². The van der Waals surface area contributed by atoms with Gasteiger partial charge >= 0.3 is 18.3 Å². The predicted molar refractivity (Wildman–Crippen MR) is 83.2 cm³/mol. The second-order valence-electron chi connectivity index (χ2n) is 5.54. The van der Waals surface area contributed by atoms with E-state index in [1.807, 2.05) is 0 Å². The summed E-state index contributed by atoms with van der Waals surface area (Å²) in [7, 11) is 0. The molecule has 2 aromatic rings. The average Bonchev–Trinajstić information content (AvgIpc) is 2.52. The molecule has 0 aromatic heterocycles. The van der Waals surface area contributed by atoms with E-state index in [2.05, 4.69) is 0 Å². The van der Waals surface area contributed by atoms with Gasteiger partial charge in [0.15, 0.2) is 0 Å². The Labute approximate surface area is 144 Å². The first-order chi connectivity index (χ1) is 11.9. The molecule has 0 saturated heterocycles. The van der Waals surface area contributed by atoms with Crippen LogP contribution < -0.4 is 0 Å². The second kappa shape index (κ2) is 6.86. The first-order valence-electron chi connectivity index (χ1n) is 7.19. The smallest absolute Gasteiger partial charge is 0.416 e. The molecule has 2 nitrogen and oxygen atoms in total. The maximum absolute atomic E-state index is 12.9. The van der Waals surface area contributed by atoms with Crippen LogP contribution in [0.15, 0.2) is 48.5 Å². The molecule has 26 heavy (non-hydrogen) atoms. The highest BCUT2D eigenvalue weighted by Crippen LogP contribution is 2.38. The van der Waals surface area contributed by atoms with Gasteiger partial charge in [-0.3, -0.25) is 0 Å².